The fourth-order valence-electron chi connectivity index (χ4n) is 3.56. The lowest BCUT2D eigenvalue weighted by molar-refractivity contribution is -0.140. The molecule has 1 amide bonds. The Morgan fingerprint density at radius 2 is 1.83 bits per heavy atom. The van der Waals surface area contributed by atoms with E-state index in [2.05, 4.69) is 29.1 Å². The van der Waals surface area contributed by atoms with E-state index in [1.54, 1.807) is 12.1 Å². The zero-order valence-corrected chi connectivity index (χ0v) is 14.5. The number of benzene rings is 1. The molecule has 1 aromatic rings. The van der Waals surface area contributed by atoms with Crippen LogP contribution in [0.2, 0.25) is 0 Å². The molecule has 1 aromatic carbocycles. The van der Waals surface area contributed by atoms with Gasteiger partial charge in [0.25, 0.3) is 0 Å². The number of amides is 1. The molecule has 0 saturated carbocycles. The molecule has 132 valence electrons. The summed E-state index contributed by atoms with van der Waals surface area (Å²) in [7, 11) is 2.08. The largest absolute Gasteiger partial charge is 0.338 e. The molecule has 0 spiro atoms. The van der Waals surface area contributed by atoms with E-state index in [4.69, 9.17) is 0 Å². The Bertz CT molecular complexity index is 557. The van der Waals surface area contributed by atoms with Gasteiger partial charge in [0.15, 0.2) is 0 Å². The van der Waals surface area contributed by atoms with Crippen LogP contribution in [0.25, 0.3) is 0 Å². The monoisotopic (exact) mass is 334 g/mol. The van der Waals surface area contributed by atoms with Crippen molar-refractivity contribution in [2.45, 2.75) is 19.0 Å². The minimum atomic E-state index is -0.328. The van der Waals surface area contributed by atoms with Gasteiger partial charge in [-0.15, -0.1) is 0 Å². The molecule has 2 saturated heterocycles. The standard InChI is InChI=1S/C18H27FN4O/c1-14-13-20-7-8-23(14)17(15-3-5-16(19)6-4-15)18(24)22-11-9-21(2)10-12-22/h3-6,14,17,20H,7-13H2,1-2H3. The average molecular weight is 334 g/mol. The molecule has 1 N–H and O–H groups in total. The van der Waals surface area contributed by atoms with Crippen LogP contribution in [0.1, 0.15) is 18.5 Å². The van der Waals surface area contributed by atoms with E-state index in [-0.39, 0.29) is 23.8 Å². The molecule has 0 radical (unpaired) electrons. The highest BCUT2D eigenvalue weighted by molar-refractivity contribution is 5.83. The summed E-state index contributed by atoms with van der Waals surface area (Å²) in [4.78, 5) is 19.7. The van der Waals surface area contributed by atoms with Gasteiger partial charge in [-0.2, -0.15) is 0 Å². The van der Waals surface area contributed by atoms with Crippen LogP contribution in [0.3, 0.4) is 0 Å². The van der Waals surface area contributed by atoms with Crippen molar-refractivity contribution in [2.75, 3.05) is 52.9 Å². The molecule has 2 unspecified atom stereocenters. The first-order valence-electron chi connectivity index (χ1n) is 8.75. The molecule has 3 rings (SSSR count). The Hall–Kier alpha value is -1.50. The predicted octanol–water partition coefficient (Wildman–Crippen LogP) is 0.935. The summed E-state index contributed by atoms with van der Waals surface area (Å²) in [5, 5.41) is 3.37. The maximum Gasteiger partial charge on any atom is 0.244 e. The molecule has 0 aliphatic carbocycles. The van der Waals surface area contributed by atoms with Gasteiger partial charge in [-0.05, 0) is 31.7 Å². The number of nitrogens with zero attached hydrogens (tertiary/aromatic N) is 3. The minimum Gasteiger partial charge on any atom is -0.338 e. The van der Waals surface area contributed by atoms with Crippen LogP contribution in [0.4, 0.5) is 4.39 Å². The van der Waals surface area contributed by atoms with Gasteiger partial charge < -0.3 is 15.1 Å². The normalized spacial score (nSPS) is 24.8. The number of hydrogen-bond acceptors (Lipinski definition) is 4. The molecular formula is C18H27FN4O. The van der Waals surface area contributed by atoms with Crippen LogP contribution in [0.5, 0.6) is 0 Å². The Morgan fingerprint density at radius 1 is 1.17 bits per heavy atom. The van der Waals surface area contributed by atoms with Crippen LogP contribution < -0.4 is 5.32 Å². The fourth-order valence-corrected chi connectivity index (χ4v) is 3.56. The van der Waals surface area contributed by atoms with E-state index in [9.17, 15) is 9.18 Å². The van der Waals surface area contributed by atoms with Crippen molar-refractivity contribution >= 4 is 5.91 Å². The van der Waals surface area contributed by atoms with Gasteiger partial charge in [0.05, 0.1) is 0 Å². The van der Waals surface area contributed by atoms with Crippen molar-refractivity contribution in [3.8, 4) is 0 Å². The number of carbonyl (C=O) groups excluding carboxylic acids is 1. The van der Waals surface area contributed by atoms with Crippen LogP contribution in [-0.2, 0) is 4.79 Å². The second-order valence-corrected chi connectivity index (χ2v) is 6.87. The van der Waals surface area contributed by atoms with Gasteiger partial charge in [-0.25, -0.2) is 4.39 Å². The summed E-state index contributed by atoms with van der Waals surface area (Å²) in [5.41, 5.74) is 0.883. The maximum absolute atomic E-state index is 13.3. The zero-order chi connectivity index (χ0) is 17.1. The van der Waals surface area contributed by atoms with E-state index in [1.807, 2.05) is 4.90 Å². The Kier molecular flexibility index (Phi) is 5.48. The molecule has 2 aliphatic heterocycles. The van der Waals surface area contributed by atoms with Gasteiger partial charge >= 0.3 is 0 Å². The van der Waals surface area contributed by atoms with Gasteiger partial charge in [0, 0.05) is 51.9 Å². The molecule has 2 fully saturated rings. The van der Waals surface area contributed by atoms with Crippen LogP contribution in [0.15, 0.2) is 24.3 Å². The summed E-state index contributed by atoms with van der Waals surface area (Å²) >= 11 is 0. The Balaban J connectivity index is 1.86. The average Bonchev–Trinajstić information content (AvgIpc) is 2.59. The quantitative estimate of drug-likeness (QED) is 0.893. The number of nitrogens with one attached hydrogen (secondary N) is 1. The van der Waals surface area contributed by atoms with E-state index in [1.165, 1.54) is 12.1 Å². The number of piperazine rings is 2. The SMILES string of the molecule is CC1CNCCN1C(C(=O)N1CCN(C)CC1)c1ccc(F)cc1. The second-order valence-electron chi connectivity index (χ2n) is 6.87. The van der Waals surface area contributed by atoms with E-state index < -0.39 is 0 Å². The molecule has 2 atom stereocenters. The van der Waals surface area contributed by atoms with Crippen molar-refractivity contribution < 1.29 is 9.18 Å². The molecule has 6 heteroatoms. The number of carbonyl (C=O) groups is 1. The van der Waals surface area contributed by atoms with E-state index in [0.717, 1.165) is 51.4 Å². The molecule has 24 heavy (non-hydrogen) atoms. The second kappa shape index (κ2) is 7.59. The lowest BCUT2D eigenvalue weighted by Gasteiger charge is -2.42. The molecule has 0 bridgehead atoms. The summed E-state index contributed by atoms with van der Waals surface area (Å²) < 4.78 is 13.3. The Morgan fingerprint density at radius 3 is 2.46 bits per heavy atom. The van der Waals surface area contributed by atoms with Gasteiger partial charge in [0.1, 0.15) is 11.9 Å². The lowest BCUT2D eigenvalue weighted by Crippen LogP contribution is -2.56. The predicted molar refractivity (Wildman–Crippen MR) is 92.3 cm³/mol. The third-order valence-electron chi connectivity index (χ3n) is 5.12. The van der Waals surface area contributed by atoms with Crippen LogP contribution in [0, 0.1) is 5.82 Å². The first-order chi connectivity index (χ1) is 11.6. The van der Waals surface area contributed by atoms with Crippen molar-refractivity contribution in [1.29, 1.82) is 0 Å². The zero-order valence-electron chi connectivity index (χ0n) is 14.5. The van der Waals surface area contributed by atoms with Crippen molar-refractivity contribution in [1.82, 2.24) is 20.0 Å². The lowest BCUT2D eigenvalue weighted by atomic mass is 10.00. The van der Waals surface area contributed by atoms with Crippen molar-refractivity contribution in [3.05, 3.63) is 35.6 Å². The number of halogens is 1. The molecular weight excluding hydrogens is 307 g/mol. The third kappa shape index (κ3) is 3.77. The highest BCUT2D eigenvalue weighted by Crippen LogP contribution is 2.27. The highest BCUT2D eigenvalue weighted by Gasteiger charge is 2.35. The summed E-state index contributed by atoms with van der Waals surface area (Å²) in [6.45, 7) is 8.02. The number of rotatable bonds is 3. The van der Waals surface area contributed by atoms with Crippen molar-refractivity contribution in [2.24, 2.45) is 0 Å². The highest BCUT2D eigenvalue weighted by atomic mass is 19.1. The van der Waals surface area contributed by atoms with E-state index in [0.29, 0.717) is 0 Å². The van der Waals surface area contributed by atoms with Crippen LogP contribution >= 0.6 is 0 Å². The smallest absolute Gasteiger partial charge is 0.244 e. The Labute approximate surface area is 143 Å². The number of likely N-dealkylation sites (N-methyl/N-ethyl adjacent to an activating group) is 1. The van der Waals surface area contributed by atoms with Gasteiger partial charge in [-0.3, -0.25) is 9.69 Å². The topological polar surface area (TPSA) is 38.8 Å². The molecule has 5 nitrogen and oxygen atoms in total. The minimum absolute atomic E-state index is 0.142. The first kappa shape index (κ1) is 17.3. The number of hydrogen-bond donors (Lipinski definition) is 1. The van der Waals surface area contributed by atoms with E-state index >= 15 is 0 Å². The van der Waals surface area contributed by atoms with Crippen molar-refractivity contribution in [3.63, 3.8) is 0 Å². The first-order valence-corrected chi connectivity index (χ1v) is 8.75. The summed E-state index contributed by atoms with van der Waals surface area (Å²) in [6, 6.07) is 6.35. The molecule has 2 aliphatic rings. The van der Waals surface area contributed by atoms with Crippen LogP contribution in [-0.4, -0.2) is 79.5 Å². The van der Waals surface area contributed by atoms with Gasteiger partial charge in [0.2, 0.25) is 5.91 Å². The molecule has 2 heterocycles. The third-order valence-corrected chi connectivity index (χ3v) is 5.12. The summed E-state index contributed by atoms with van der Waals surface area (Å²) in [5.74, 6) is -0.124. The maximum atomic E-state index is 13.3. The van der Waals surface area contributed by atoms with Gasteiger partial charge in [-0.1, -0.05) is 12.1 Å². The molecule has 0 aromatic heterocycles. The fraction of sp³-hybridized carbons (Fsp3) is 0.611. The summed E-state index contributed by atoms with van der Waals surface area (Å²) in [6.07, 6.45) is 0.